The van der Waals surface area contributed by atoms with Crippen LogP contribution < -0.4 is 9.80 Å². The van der Waals surface area contributed by atoms with Gasteiger partial charge in [0.1, 0.15) is 0 Å². The summed E-state index contributed by atoms with van der Waals surface area (Å²) in [6.07, 6.45) is 0. The van der Waals surface area contributed by atoms with Crippen molar-refractivity contribution >= 4 is 55.9 Å². The van der Waals surface area contributed by atoms with Crippen LogP contribution in [-0.2, 0) is 0 Å². The zero-order valence-corrected chi connectivity index (χ0v) is 44.5. The van der Waals surface area contributed by atoms with Gasteiger partial charge in [0.2, 0.25) is 0 Å². The highest BCUT2D eigenvalue weighted by molar-refractivity contribution is 6.12. The van der Waals surface area contributed by atoms with E-state index >= 15 is 0 Å². The second kappa shape index (κ2) is 21.9. The average Bonchev–Trinajstić information content (AvgIpc) is 3.83. The third kappa shape index (κ3) is 9.73. The molecule has 0 amide bonds. The molecule has 83 heavy (non-hydrogen) atoms. The molecule has 0 atom stereocenters. The van der Waals surface area contributed by atoms with E-state index in [9.17, 15) is 21.0 Å². The minimum absolute atomic E-state index is 0.410. The van der Waals surface area contributed by atoms with E-state index in [1.54, 1.807) is 12.1 Å². The third-order valence-corrected chi connectivity index (χ3v) is 15.0. The molecule has 0 saturated heterocycles. The van der Waals surface area contributed by atoms with Crippen molar-refractivity contribution in [1.29, 1.82) is 21.0 Å². The van der Waals surface area contributed by atoms with Gasteiger partial charge in [0.25, 0.3) is 0 Å². The molecule has 9 heteroatoms. The van der Waals surface area contributed by atoms with Gasteiger partial charge in [0.15, 0.2) is 5.82 Å². The monoisotopic (exact) mass is 1060 g/mol. The topological polar surface area (TPSA) is 132 Å². The first-order chi connectivity index (χ1) is 40.9. The molecule has 0 spiro atoms. The van der Waals surface area contributed by atoms with Crippen LogP contribution in [-0.4, -0.2) is 14.5 Å². The normalized spacial score (nSPS) is 10.8. The quantitative estimate of drug-likeness (QED) is 0.118. The van der Waals surface area contributed by atoms with Gasteiger partial charge in [0.05, 0.1) is 69.0 Å². The molecule has 0 bridgehead atoms. The van der Waals surface area contributed by atoms with Gasteiger partial charge in [0, 0.05) is 67.3 Å². The summed E-state index contributed by atoms with van der Waals surface area (Å²) < 4.78 is 2.33. The summed E-state index contributed by atoms with van der Waals surface area (Å²) in [5.74, 6) is 0.410. The number of nitrogens with zero attached hydrogens (tertiary/aromatic N) is 9. The fourth-order valence-corrected chi connectivity index (χ4v) is 10.9. The lowest BCUT2D eigenvalue weighted by molar-refractivity contribution is 1.18. The van der Waals surface area contributed by atoms with Crippen molar-refractivity contribution in [2.24, 2.45) is 0 Å². The Balaban J connectivity index is 0.854. The molecule has 0 aliphatic carbocycles. The lowest BCUT2D eigenvalue weighted by Gasteiger charge is -2.26. The highest BCUT2D eigenvalue weighted by atomic mass is 15.1. The van der Waals surface area contributed by atoms with Gasteiger partial charge in [-0.25, -0.2) is 9.97 Å². The van der Waals surface area contributed by atoms with Crippen LogP contribution in [0, 0.1) is 45.3 Å². The van der Waals surface area contributed by atoms with Crippen LogP contribution in [0.2, 0.25) is 0 Å². The molecule has 0 radical (unpaired) electrons. The maximum absolute atomic E-state index is 9.98. The van der Waals surface area contributed by atoms with E-state index < -0.39 is 0 Å². The molecule has 11 aromatic carbocycles. The summed E-state index contributed by atoms with van der Waals surface area (Å²) >= 11 is 0. The van der Waals surface area contributed by atoms with E-state index in [-0.39, 0.29) is 0 Å². The molecule has 13 rings (SSSR count). The Morgan fingerprint density at radius 3 is 1.13 bits per heavy atom. The lowest BCUT2D eigenvalue weighted by atomic mass is 9.98. The maximum Gasteiger partial charge on any atom is 0.161 e. The van der Waals surface area contributed by atoms with E-state index in [1.807, 2.05) is 115 Å². The Hall–Kier alpha value is -12.1. The van der Waals surface area contributed by atoms with E-state index in [0.717, 1.165) is 89.4 Å². The first-order valence-electron chi connectivity index (χ1n) is 26.9. The molecule has 0 aliphatic rings. The Morgan fingerprint density at radius 2 is 0.675 bits per heavy atom. The van der Waals surface area contributed by atoms with Gasteiger partial charge in [-0.3, -0.25) is 0 Å². The fourth-order valence-electron chi connectivity index (χ4n) is 10.9. The van der Waals surface area contributed by atoms with E-state index in [1.165, 1.54) is 0 Å². The number of para-hydroxylation sites is 2. The van der Waals surface area contributed by atoms with E-state index in [2.05, 4.69) is 184 Å². The van der Waals surface area contributed by atoms with Crippen LogP contribution in [0.25, 0.3) is 83.6 Å². The Labute approximate surface area is 480 Å². The Kier molecular flexibility index (Phi) is 13.3. The van der Waals surface area contributed by atoms with Crippen molar-refractivity contribution in [3.63, 3.8) is 0 Å². The molecule has 13 aromatic rings. The molecule has 0 saturated carbocycles. The smallest absolute Gasteiger partial charge is 0.161 e. The van der Waals surface area contributed by atoms with Crippen molar-refractivity contribution in [3.8, 4) is 86.1 Å². The van der Waals surface area contributed by atoms with Crippen molar-refractivity contribution in [2.45, 2.75) is 0 Å². The van der Waals surface area contributed by atoms with Crippen molar-refractivity contribution in [1.82, 2.24) is 14.5 Å². The van der Waals surface area contributed by atoms with Crippen LogP contribution in [0.4, 0.5) is 34.1 Å². The van der Waals surface area contributed by atoms with Crippen molar-refractivity contribution < 1.29 is 0 Å². The van der Waals surface area contributed by atoms with Gasteiger partial charge in [-0.15, -0.1) is 0 Å². The number of hydrogen-bond donors (Lipinski definition) is 0. The first kappa shape index (κ1) is 50.4. The standard InChI is InChI=1S/C74H45N9/c75-46-50-19-33-61(34-20-50)82(62-35-21-51(47-76)22-36-62)65-40-42-73-69(44-65)68-43-64(81(59-13-3-1-4-14-59)60-15-5-2-6-16-60)39-41-72(68)83(73)63-37-31-55(32-38-63)53-25-23-52(24-26-53)54-27-29-56(30-28-54)70-45-71(66-17-9-7-11-57(66)48-77)80-74(79-70)67-18-10-8-12-58(67)49-78/h1-45H. The molecule has 0 unspecified atom stereocenters. The molecule has 0 fully saturated rings. The summed E-state index contributed by atoms with van der Waals surface area (Å²) in [6.45, 7) is 0. The summed E-state index contributed by atoms with van der Waals surface area (Å²) in [4.78, 5) is 14.3. The lowest BCUT2D eigenvalue weighted by Crippen LogP contribution is -2.10. The van der Waals surface area contributed by atoms with Gasteiger partial charge in [-0.2, -0.15) is 21.0 Å². The van der Waals surface area contributed by atoms with E-state index in [0.29, 0.717) is 50.6 Å². The number of hydrogen-bond acceptors (Lipinski definition) is 8. The van der Waals surface area contributed by atoms with Crippen LogP contribution in [0.15, 0.2) is 273 Å². The zero-order valence-electron chi connectivity index (χ0n) is 44.5. The van der Waals surface area contributed by atoms with Crippen molar-refractivity contribution in [3.05, 3.63) is 295 Å². The van der Waals surface area contributed by atoms with E-state index in [4.69, 9.17) is 9.97 Å². The molecule has 386 valence electrons. The average molecular weight is 1060 g/mol. The SMILES string of the molecule is N#Cc1ccc(N(c2ccc(C#N)cc2)c2ccc3c(c2)c2cc(N(c4ccccc4)c4ccccc4)ccc2n3-c2ccc(-c3ccc(-c4ccc(-c5cc(-c6ccccc6C#N)nc(-c6ccccc6C#N)n5)cc4)cc3)cc2)cc1. The van der Waals surface area contributed by atoms with Crippen LogP contribution in [0.3, 0.4) is 0 Å². The van der Waals surface area contributed by atoms with Gasteiger partial charge in [-0.1, -0.05) is 127 Å². The van der Waals surface area contributed by atoms with Crippen LogP contribution >= 0.6 is 0 Å². The number of benzene rings is 11. The summed E-state index contributed by atoms with van der Waals surface area (Å²) in [6, 6.07) is 100. The predicted octanol–water partition coefficient (Wildman–Crippen LogP) is 18.3. The maximum atomic E-state index is 9.98. The molecular formula is C74H45N9. The Bertz CT molecular complexity index is 4560. The molecule has 2 aromatic heterocycles. The number of nitriles is 4. The fraction of sp³-hybridized carbons (Fsp3) is 0. The minimum atomic E-state index is 0.410. The highest BCUT2D eigenvalue weighted by Gasteiger charge is 2.21. The third-order valence-electron chi connectivity index (χ3n) is 15.0. The highest BCUT2D eigenvalue weighted by Crippen LogP contribution is 2.43. The second-order valence-corrected chi connectivity index (χ2v) is 19.9. The number of fused-ring (bicyclic) bond motifs is 3. The second-order valence-electron chi connectivity index (χ2n) is 19.9. The Morgan fingerprint density at radius 1 is 0.301 bits per heavy atom. The number of rotatable bonds is 12. The molecule has 0 N–H and O–H groups in total. The summed E-state index contributed by atoms with van der Waals surface area (Å²) in [7, 11) is 0. The van der Waals surface area contributed by atoms with Crippen molar-refractivity contribution in [2.75, 3.05) is 9.80 Å². The number of aromatic nitrogens is 3. The first-order valence-corrected chi connectivity index (χ1v) is 26.9. The molecule has 0 aliphatic heterocycles. The molecule has 2 heterocycles. The van der Waals surface area contributed by atoms with Crippen LogP contribution in [0.1, 0.15) is 22.3 Å². The molecular weight excluding hydrogens is 1010 g/mol. The van der Waals surface area contributed by atoms with Gasteiger partial charge in [-0.05, 0) is 168 Å². The summed E-state index contributed by atoms with van der Waals surface area (Å²) in [5.41, 5.74) is 18.7. The largest absolute Gasteiger partial charge is 0.310 e. The number of anilines is 6. The summed E-state index contributed by atoms with van der Waals surface area (Å²) in [5, 5.41) is 41.5. The zero-order chi connectivity index (χ0) is 56.2. The van der Waals surface area contributed by atoms with Gasteiger partial charge >= 0.3 is 0 Å². The molecule has 9 nitrogen and oxygen atoms in total. The van der Waals surface area contributed by atoms with Crippen LogP contribution in [0.5, 0.6) is 0 Å². The predicted molar refractivity (Wildman–Crippen MR) is 332 cm³/mol. The minimum Gasteiger partial charge on any atom is -0.310 e. The van der Waals surface area contributed by atoms with Gasteiger partial charge < -0.3 is 14.4 Å².